The highest BCUT2D eigenvalue weighted by atomic mass is 35.5. The highest BCUT2D eigenvalue weighted by molar-refractivity contribution is 6.21. The van der Waals surface area contributed by atoms with Crippen molar-refractivity contribution in [3.63, 3.8) is 0 Å². The number of aryl methyl sites for hydroxylation is 1. The van der Waals surface area contributed by atoms with Gasteiger partial charge >= 0.3 is 0 Å². The largest absolute Gasteiger partial charge is 0.496 e. The first kappa shape index (κ1) is 13.9. The zero-order chi connectivity index (χ0) is 13.8. The molecule has 1 nitrogen and oxygen atoms in total. The SMILES string of the molecule is COc1ccc(F)cc1C(Cl)Cc1ccc(C)cc1. The molecule has 1 atom stereocenters. The van der Waals surface area contributed by atoms with E-state index in [0.29, 0.717) is 17.7 Å². The van der Waals surface area contributed by atoms with E-state index in [9.17, 15) is 4.39 Å². The van der Waals surface area contributed by atoms with Gasteiger partial charge in [0.15, 0.2) is 0 Å². The maximum atomic E-state index is 13.3. The van der Waals surface area contributed by atoms with Crippen LogP contribution in [-0.4, -0.2) is 7.11 Å². The van der Waals surface area contributed by atoms with E-state index in [0.717, 1.165) is 5.56 Å². The van der Waals surface area contributed by atoms with Gasteiger partial charge in [-0.25, -0.2) is 4.39 Å². The van der Waals surface area contributed by atoms with Crippen molar-refractivity contribution in [2.75, 3.05) is 7.11 Å². The van der Waals surface area contributed by atoms with Crippen molar-refractivity contribution >= 4 is 11.6 Å². The molecule has 0 fully saturated rings. The topological polar surface area (TPSA) is 9.23 Å². The first-order valence-corrected chi connectivity index (χ1v) is 6.57. The molecule has 1 unspecified atom stereocenters. The standard InChI is InChI=1S/C16H16ClFO/c1-11-3-5-12(6-4-11)9-15(17)14-10-13(18)7-8-16(14)19-2/h3-8,10,15H,9H2,1-2H3. The van der Waals surface area contributed by atoms with Gasteiger partial charge in [0.1, 0.15) is 11.6 Å². The van der Waals surface area contributed by atoms with Gasteiger partial charge in [0, 0.05) is 5.56 Å². The number of alkyl halides is 1. The quantitative estimate of drug-likeness (QED) is 0.739. The summed E-state index contributed by atoms with van der Waals surface area (Å²) in [7, 11) is 1.56. The predicted octanol–water partition coefficient (Wildman–Crippen LogP) is 4.67. The number of benzene rings is 2. The summed E-state index contributed by atoms with van der Waals surface area (Å²) < 4.78 is 18.5. The van der Waals surface area contributed by atoms with E-state index in [1.807, 2.05) is 31.2 Å². The van der Waals surface area contributed by atoms with E-state index in [1.165, 1.54) is 17.7 Å². The Labute approximate surface area is 118 Å². The summed E-state index contributed by atoms with van der Waals surface area (Å²) in [5, 5.41) is -0.312. The van der Waals surface area contributed by atoms with Crippen LogP contribution < -0.4 is 4.74 Å². The molecule has 0 spiro atoms. The molecular weight excluding hydrogens is 263 g/mol. The predicted molar refractivity (Wildman–Crippen MR) is 76.4 cm³/mol. The Bertz CT molecular complexity index is 551. The van der Waals surface area contributed by atoms with Gasteiger partial charge in [-0.05, 0) is 37.1 Å². The maximum absolute atomic E-state index is 13.3. The van der Waals surface area contributed by atoms with Crippen LogP contribution in [0.2, 0.25) is 0 Å². The van der Waals surface area contributed by atoms with Crippen LogP contribution in [0.25, 0.3) is 0 Å². The summed E-state index contributed by atoms with van der Waals surface area (Å²) in [4.78, 5) is 0. The van der Waals surface area contributed by atoms with Crippen LogP contribution >= 0.6 is 11.6 Å². The van der Waals surface area contributed by atoms with Gasteiger partial charge in [-0.1, -0.05) is 29.8 Å². The number of halogens is 2. The second kappa shape index (κ2) is 6.07. The van der Waals surface area contributed by atoms with Crippen LogP contribution in [0.15, 0.2) is 42.5 Å². The van der Waals surface area contributed by atoms with E-state index in [2.05, 4.69) is 0 Å². The molecule has 0 amide bonds. The molecule has 100 valence electrons. The lowest BCUT2D eigenvalue weighted by Crippen LogP contribution is -2.00. The summed E-state index contributed by atoms with van der Waals surface area (Å²) in [5.41, 5.74) is 3.01. The lowest BCUT2D eigenvalue weighted by atomic mass is 10.0. The van der Waals surface area contributed by atoms with Crippen LogP contribution in [0.5, 0.6) is 5.75 Å². The van der Waals surface area contributed by atoms with Crippen molar-refractivity contribution < 1.29 is 9.13 Å². The number of methoxy groups -OCH3 is 1. The Morgan fingerprint density at radius 3 is 2.47 bits per heavy atom. The smallest absolute Gasteiger partial charge is 0.123 e. The lowest BCUT2D eigenvalue weighted by molar-refractivity contribution is 0.407. The molecule has 0 aliphatic heterocycles. The third kappa shape index (κ3) is 3.48. The average molecular weight is 279 g/mol. The lowest BCUT2D eigenvalue weighted by Gasteiger charge is -2.14. The molecular formula is C16H16ClFO. The third-order valence-corrected chi connectivity index (χ3v) is 3.45. The Morgan fingerprint density at radius 1 is 1.16 bits per heavy atom. The van der Waals surface area contributed by atoms with Crippen LogP contribution in [-0.2, 0) is 6.42 Å². The fraction of sp³-hybridized carbons (Fsp3) is 0.250. The van der Waals surface area contributed by atoms with E-state index in [4.69, 9.17) is 16.3 Å². The zero-order valence-corrected chi connectivity index (χ0v) is 11.7. The summed E-state index contributed by atoms with van der Waals surface area (Å²) in [6.45, 7) is 2.04. The molecule has 0 heterocycles. The normalized spacial score (nSPS) is 12.2. The number of hydrogen-bond acceptors (Lipinski definition) is 1. The summed E-state index contributed by atoms with van der Waals surface area (Å²) in [5.74, 6) is 0.318. The van der Waals surface area contributed by atoms with Crippen molar-refractivity contribution in [2.24, 2.45) is 0 Å². The Morgan fingerprint density at radius 2 is 1.84 bits per heavy atom. The van der Waals surface area contributed by atoms with Crippen molar-refractivity contribution in [1.29, 1.82) is 0 Å². The first-order chi connectivity index (χ1) is 9.10. The summed E-state index contributed by atoms with van der Waals surface area (Å²) >= 11 is 6.39. The van der Waals surface area contributed by atoms with Crippen molar-refractivity contribution in [3.8, 4) is 5.75 Å². The van der Waals surface area contributed by atoms with Crippen LogP contribution in [0.1, 0.15) is 22.1 Å². The second-order valence-electron chi connectivity index (χ2n) is 4.54. The Hall–Kier alpha value is -1.54. The second-order valence-corrected chi connectivity index (χ2v) is 5.07. The molecule has 0 bridgehead atoms. The van der Waals surface area contributed by atoms with E-state index >= 15 is 0 Å². The molecule has 0 aliphatic carbocycles. The summed E-state index contributed by atoms with van der Waals surface area (Å²) in [6.07, 6.45) is 0.641. The molecule has 0 saturated carbocycles. The average Bonchev–Trinajstić information content (AvgIpc) is 2.41. The van der Waals surface area contributed by atoms with Gasteiger partial charge in [-0.3, -0.25) is 0 Å². The van der Waals surface area contributed by atoms with Gasteiger partial charge in [0.25, 0.3) is 0 Å². The molecule has 0 radical (unpaired) electrons. The van der Waals surface area contributed by atoms with Gasteiger partial charge in [0.05, 0.1) is 12.5 Å². The number of rotatable bonds is 4. The highest BCUT2D eigenvalue weighted by Crippen LogP contribution is 2.32. The van der Waals surface area contributed by atoms with Gasteiger partial charge in [-0.15, -0.1) is 11.6 Å². The van der Waals surface area contributed by atoms with Crippen molar-refractivity contribution in [2.45, 2.75) is 18.7 Å². The van der Waals surface area contributed by atoms with Gasteiger partial charge < -0.3 is 4.74 Å². The minimum atomic E-state index is -0.312. The third-order valence-electron chi connectivity index (χ3n) is 3.06. The zero-order valence-electron chi connectivity index (χ0n) is 11.0. The number of ether oxygens (including phenoxy) is 1. The number of hydrogen-bond donors (Lipinski definition) is 0. The van der Waals surface area contributed by atoms with Crippen LogP contribution in [0.3, 0.4) is 0 Å². The molecule has 3 heteroatoms. The first-order valence-electron chi connectivity index (χ1n) is 6.13. The molecule has 2 aromatic rings. The fourth-order valence-electron chi connectivity index (χ4n) is 1.99. The van der Waals surface area contributed by atoms with Gasteiger partial charge in [0.2, 0.25) is 0 Å². The molecule has 2 aromatic carbocycles. The van der Waals surface area contributed by atoms with Crippen molar-refractivity contribution in [3.05, 3.63) is 65.0 Å². The minimum Gasteiger partial charge on any atom is -0.496 e. The molecule has 19 heavy (non-hydrogen) atoms. The maximum Gasteiger partial charge on any atom is 0.123 e. The van der Waals surface area contributed by atoms with Crippen LogP contribution in [0.4, 0.5) is 4.39 Å². The fourth-order valence-corrected chi connectivity index (χ4v) is 2.34. The molecule has 0 aliphatic rings. The highest BCUT2D eigenvalue weighted by Gasteiger charge is 2.15. The van der Waals surface area contributed by atoms with E-state index in [-0.39, 0.29) is 11.2 Å². The Kier molecular flexibility index (Phi) is 4.43. The summed E-state index contributed by atoms with van der Waals surface area (Å²) in [6, 6.07) is 12.6. The van der Waals surface area contributed by atoms with Gasteiger partial charge in [-0.2, -0.15) is 0 Å². The molecule has 0 saturated heterocycles. The molecule has 0 aromatic heterocycles. The Balaban J connectivity index is 2.21. The van der Waals surface area contributed by atoms with E-state index < -0.39 is 0 Å². The van der Waals surface area contributed by atoms with Crippen molar-refractivity contribution in [1.82, 2.24) is 0 Å². The van der Waals surface area contributed by atoms with E-state index in [1.54, 1.807) is 13.2 Å². The minimum absolute atomic E-state index is 0.301. The molecule has 2 rings (SSSR count). The monoisotopic (exact) mass is 278 g/mol. The van der Waals surface area contributed by atoms with Crippen LogP contribution in [0, 0.1) is 12.7 Å². The molecule has 0 N–H and O–H groups in total.